The molecule has 2 rings (SSSR count). The van der Waals surface area contributed by atoms with Crippen LogP contribution < -0.4 is 10.2 Å². The number of hydrogen-bond acceptors (Lipinski definition) is 5. The number of aromatic nitrogens is 4. The molecule has 1 amide bonds. The van der Waals surface area contributed by atoms with Gasteiger partial charge in [-0.25, -0.2) is 9.97 Å². The molecule has 23 heavy (non-hydrogen) atoms. The lowest BCUT2D eigenvalue weighted by atomic mass is 10.2. The van der Waals surface area contributed by atoms with Gasteiger partial charge in [0, 0.05) is 56.3 Å². The van der Waals surface area contributed by atoms with Crippen LogP contribution in [0.2, 0.25) is 0 Å². The summed E-state index contributed by atoms with van der Waals surface area (Å²) in [5.74, 6) is 0.482. The maximum absolute atomic E-state index is 11.9. The van der Waals surface area contributed by atoms with E-state index in [1.165, 1.54) is 6.08 Å². The number of amides is 1. The zero-order valence-corrected chi connectivity index (χ0v) is 13.9. The fraction of sp³-hybridized carbons (Fsp3) is 0.375. The third kappa shape index (κ3) is 5.21. The van der Waals surface area contributed by atoms with Crippen molar-refractivity contribution in [3.05, 3.63) is 41.5 Å². The number of carbonyl (C=O) groups is 1. The SMILES string of the molecule is Cc1cc(CC(C)NC(=O)/C=C/c2cnc(N(C)C)nc2)n[nH]1. The van der Waals surface area contributed by atoms with Crippen LogP contribution in [0, 0.1) is 6.92 Å². The van der Waals surface area contributed by atoms with Crippen LogP contribution in [-0.4, -0.2) is 46.2 Å². The molecule has 1 atom stereocenters. The lowest BCUT2D eigenvalue weighted by molar-refractivity contribution is -0.117. The molecule has 2 heterocycles. The van der Waals surface area contributed by atoms with Gasteiger partial charge >= 0.3 is 0 Å². The van der Waals surface area contributed by atoms with Crippen LogP contribution in [0.5, 0.6) is 0 Å². The molecule has 0 aliphatic rings. The normalized spacial score (nSPS) is 12.3. The van der Waals surface area contributed by atoms with E-state index in [-0.39, 0.29) is 11.9 Å². The minimum absolute atomic E-state index is 0.00205. The Bertz CT molecular complexity index is 674. The topological polar surface area (TPSA) is 86.8 Å². The molecule has 2 N–H and O–H groups in total. The Morgan fingerprint density at radius 3 is 2.65 bits per heavy atom. The first kappa shape index (κ1) is 16.7. The number of aryl methyl sites for hydroxylation is 1. The molecular formula is C16H22N6O. The van der Waals surface area contributed by atoms with E-state index in [9.17, 15) is 4.79 Å². The second-order valence-corrected chi connectivity index (χ2v) is 5.70. The third-order valence-corrected chi connectivity index (χ3v) is 3.15. The first-order chi connectivity index (χ1) is 10.9. The number of rotatable bonds is 6. The van der Waals surface area contributed by atoms with Gasteiger partial charge in [-0.05, 0) is 26.0 Å². The first-order valence-electron chi connectivity index (χ1n) is 7.43. The first-order valence-corrected chi connectivity index (χ1v) is 7.43. The van der Waals surface area contributed by atoms with Crippen LogP contribution in [0.25, 0.3) is 6.08 Å². The van der Waals surface area contributed by atoms with Gasteiger partial charge < -0.3 is 10.2 Å². The quantitative estimate of drug-likeness (QED) is 0.786. The van der Waals surface area contributed by atoms with Crippen molar-refractivity contribution in [1.29, 1.82) is 0 Å². The summed E-state index contributed by atoms with van der Waals surface area (Å²) in [4.78, 5) is 22.1. The Labute approximate surface area is 135 Å². The molecule has 7 nitrogen and oxygen atoms in total. The van der Waals surface area contributed by atoms with Crippen LogP contribution in [0.3, 0.4) is 0 Å². The van der Waals surface area contributed by atoms with Crippen molar-refractivity contribution >= 4 is 17.9 Å². The number of nitrogens with zero attached hydrogens (tertiary/aromatic N) is 4. The molecule has 0 aromatic carbocycles. The highest BCUT2D eigenvalue weighted by atomic mass is 16.1. The van der Waals surface area contributed by atoms with Crippen LogP contribution in [0.4, 0.5) is 5.95 Å². The van der Waals surface area contributed by atoms with Crippen molar-refractivity contribution in [2.45, 2.75) is 26.3 Å². The number of carbonyl (C=O) groups excluding carboxylic acids is 1. The molecule has 7 heteroatoms. The molecule has 0 aliphatic carbocycles. The van der Waals surface area contributed by atoms with E-state index in [1.54, 1.807) is 18.5 Å². The van der Waals surface area contributed by atoms with Crippen molar-refractivity contribution < 1.29 is 4.79 Å². The Morgan fingerprint density at radius 2 is 2.09 bits per heavy atom. The molecule has 1 unspecified atom stereocenters. The highest BCUT2D eigenvalue weighted by Crippen LogP contribution is 2.05. The molecule has 0 aliphatic heterocycles. The summed E-state index contributed by atoms with van der Waals surface area (Å²) < 4.78 is 0. The third-order valence-electron chi connectivity index (χ3n) is 3.15. The molecule has 2 aromatic rings. The van der Waals surface area contributed by atoms with E-state index in [1.807, 2.05) is 38.9 Å². The van der Waals surface area contributed by atoms with Gasteiger partial charge in [0.2, 0.25) is 11.9 Å². The van der Waals surface area contributed by atoms with Gasteiger partial charge in [-0.15, -0.1) is 0 Å². The average molecular weight is 314 g/mol. The van der Waals surface area contributed by atoms with Crippen molar-refractivity contribution in [3.8, 4) is 0 Å². The predicted octanol–water partition coefficient (Wildman–Crippen LogP) is 1.33. The number of aromatic amines is 1. The summed E-state index contributed by atoms with van der Waals surface area (Å²) in [6.07, 6.45) is 7.23. The molecule has 2 aromatic heterocycles. The summed E-state index contributed by atoms with van der Waals surface area (Å²) in [6, 6.07) is 1.98. The zero-order chi connectivity index (χ0) is 16.8. The second-order valence-electron chi connectivity index (χ2n) is 5.70. The van der Waals surface area contributed by atoms with Crippen LogP contribution in [0.1, 0.15) is 23.9 Å². The summed E-state index contributed by atoms with van der Waals surface area (Å²) in [7, 11) is 3.75. The van der Waals surface area contributed by atoms with Crippen LogP contribution in [0.15, 0.2) is 24.5 Å². The summed E-state index contributed by atoms with van der Waals surface area (Å²) in [5, 5.41) is 9.97. The number of H-pyrrole nitrogens is 1. The number of anilines is 1. The van der Waals surface area contributed by atoms with Gasteiger partial charge in [0.15, 0.2) is 0 Å². The Hall–Kier alpha value is -2.70. The van der Waals surface area contributed by atoms with E-state index in [4.69, 9.17) is 0 Å². The summed E-state index contributed by atoms with van der Waals surface area (Å²) in [5.41, 5.74) is 2.73. The Balaban J connectivity index is 1.85. The highest BCUT2D eigenvalue weighted by Gasteiger charge is 2.08. The standard InChI is InChI=1S/C16H22N6O/c1-11(7-14-8-12(2)20-21-14)19-15(23)6-5-13-9-17-16(18-10-13)22(3)4/h5-6,8-11H,7H2,1-4H3,(H,19,23)(H,20,21)/b6-5+. The van der Waals surface area contributed by atoms with Gasteiger partial charge in [-0.3, -0.25) is 9.89 Å². The average Bonchev–Trinajstić information content (AvgIpc) is 2.90. The minimum Gasteiger partial charge on any atom is -0.350 e. The molecule has 0 saturated carbocycles. The van der Waals surface area contributed by atoms with E-state index >= 15 is 0 Å². The van der Waals surface area contributed by atoms with Crippen molar-refractivity contribution in [2.24, 2.45) is 0 Å². The lowest BCUT2D eigenvalue weighted by Crippen LogP contribution is -2.32. The van der Waals surface area contributed by atoms with Crippen molar-refractivity contribution in [1.82, 2.24) is 25.5 Å². The second kappa shape index (κ2) is 7.53. The fourth-order valence-electron chi connectivity index (χ4n) is 2.05. The number of nitrogens with one attached hydrogen (secondary N) is 2. The largest absolute Gasteiger partial charge is 0.350 e. The molecule has 122 valence electrons. The smallest absolute Gasteiger partial charge is 0.244 e. The molecule has 0 fully saturated rings. The van der Waals surface area contributed by atoms with Crippen molar-refractivity contribution in [2.75, 3.05) is 19.0 Å². The van der Waals surface area contributed by atoms with Gasteiger partial charge in [0.1, 0.15) is 0 Å². The lowest BCUT2D eigenvalue weighted by Gasteiger charge is -2.10. The molecule has 0 spiro atoms. The molecular weight excluding hydrogens is 292 g/mol. The van der Waals surface area contributed by atoms with E-state index < -0.39 is 0 Å². The maximum atomic E-state index is 11.9. The van der Waals surface area contributed by atoms with E-state index in [0.717, 1.165) is 17.0 Å². The number of hydrogen-bond donors (Lipinski definition) is 2. The van der Waals surface area contributed by atoms with Crippen LogP contribution >= 0.6 is 0 Å². The zero-order valence-electron chi connectivity index (χ0n) is 13.9. The van der Waals surface area contributed by atoms with E-state index in [0.29, 0.717) is 12.4 Å². The van der Waals surface area contributed by atoms with Crippen molar-refractivity contribution in [3.63, 3.8) is 0 Å². The molecule has 0 radical (unpaired) electrons. The monoisotopic (exact) mass is 314 g/mol. The van der Waals surface area contributed by atoms with Gasteiger partial charge in [0.05, 0.1) is 5.69 Å². The van der Waals surface area contributed by atoms with Crippen LogP contribution in [-0.2, 0) is 11.2 Å². The molecule has 0 saturated heterocycles. The highest BCUT2D eigenvalue weighted by molar-refractivity contribution is 5.91. The van der Waals surface area contributed by atoms with Gasteiger partial charge in [-0.2, -0.15) is 5.10 Å². The minimum atomic E-state index is -0.151. The maximum Gasteiger partial charge on any atom is 0.244 e. The molecule has 0 bridgehead atoms. The predicted molar refractivity (Wildman–Crippen MR) is 90.0 cm³/mol. The fourth-order valence-corrected chi connectivity index (χ4v) is 2.05. The summed E-state index contributed by atoms with van der Waals surface area (Å²) >= 11 is 0. The Morgan fingerprint density at radius 1 is 1.39 bits per heavy atom. The van der Waals surface area contributed by atoms with Gasteiger partial charge in [-0.1, -0.05) is 0 Å². The van der Waals surface area contributed by atoms with Gasteiger partial charge in [0.25, 0.3) is 0 Å². The Kier molecular flexibility index (Phi) is 5.46. The van der Waals surface area contributed by atoms with E-state index in [2.05, 4.69) is 25.5 Å². The summed E-state index contributed by atoms with van der Waals surface area (Å²) in [6.45, 7) is 3.90.